The Labute approximate surface area is 231 Å². The number of amides is 2. The number of hydrogen-bond acceptors (Lipinski definition) is 7. The van der Waals surface area contributed by atoms with Crippen molar-refractivity contribution >= 4 is 28.8 Å². The quantitative estimate of drug-likeness (QED) is 0.310. The smallest absolute Gasteiger partial charge is 0.416 e. The molecule has 2 amide bonds. The van der Waals surface area contributed by atoms with Gasteiger partial charge in [-0.3, -0.25) is 14.5 Å². The molecule has 1 aliphatic rings. The van der Waals surface area contributed by atoms with Gasteiger partial charge in [-0.05, 0) is 65.4 Å². The third kappa shape index (κ3) is 6.14. The second kappa shape index (κ2) is 11.5. The Morgan fingerprint density at radius 2 is 1.85 bits per heavy atom. The molecule has 208 valence electrons. The average molecular weight is 571 g/mol. The molecule has 5 rings (SSSR count). The number of rotatable bonds is 8. The minimum Gasteiger partial charge on any atom is -0.508 e. The van der Waals surface area contributed by atoms with E-state index in [1.165, 1.54) is 47.7 Å². The Balaban J connectivity index is 1.56. The summed E-state index contributed by atoms with van der Waals surface area (Å²) in [6, 6.07) is 12.0. The molecule has 1 fully saturated rings. The van der Waals surface area contributed by atoms with Gasteiger partial charge in [0.25, 0.3) is 5.91 Å². The van der Waals surface area contributed by atoms with Crippen LogP contribution in [0.5, 0.6) is 5.75 Å². The Kier molecular flexibility index (Phi) is 7.83. The number of phenols is 1. The SMILES string of the molecule is O=C(NC1CCCC1)[C@@H](c1ccc(O)cc1)N(C(=O)Cn1nnc(-c2cccs2)n1)c1cccc(C(F)(F)F)c1. The van der Waals surface area contributed by atoms with Gasteiger partial charge in [0.05, 0.1) is 10.4 Å². The Hall–Kier alpha value is -4.26. The summed E-state index contributed by atoms with van der Waals surface area (Å²) in [5, 5.41) is 26.8. The van der Waals surface area contributed by atoms with Gasteiger partial charge in [0.2, 0.25) is 11.7 Å². The molecule has 13 heteroatoms. The lowest BCUT2D eigenvalue weighted by Crippen LogP contribution is -2.47. The molecule has 0 spiro atoms. The van der Waals surface area contributed by atoms with E-state index >= 15 is 0 Å². The summed E-state index contributed by atoms with van der Waals surface area (Å²) in [6.07, 6.45) is -1.26. The third-order valence-corrected chi connectivity index (χ3v) is 7.47. The molecule has 2 aromatic carbocycles. The topological polar surface area (TPSA) is 113 Å². The predicted molar refractivity (Wildman–Crippen MR) is 141 cm³/mol. The minimum absolute atomic E-state index is 0.0661. The van der Waals surface area contributed by atoms with Crippen LogP contribution in [0.25, 0.3) is 10.7 Å². The molecule has 2 aromatic heterocycles. The van der Waals surface area contributed by atoms with Crippen molar-refractivity contribution in [2.24, 2.45) is 0 Å². The number of phenolic OH excluding ortho intramolecular Hbond substituents is 1. The summed E-state index contributed by atoms with van der Waals surface area (Å²) in [7, 11) is 0. The fourth-order valence-corrected chi connectivity index (χ4v) is 5.35. The van der Waals surface area contributed by atoms with Crippen molar-refractivity contribution in [2.75, 3.05) is 4.90 Å². The maximum Gasteiger partial charge on any atom is 0.416 e. The van der Waals surface area contributed by atoms with Gasteiger partial charge in [-0.1, -0.05) is 37.1 Å². The van der Waals surface area contributed by atoms with Crippen molar-refractivity contribution < 1.29 is 27.9 Å². The first-order valence-corrected chi connectivity index (χ1v) is 13.5. The summed E-state index contributed by atoms with van der Waals surface area (Å²) in [6.45, 7) is -0.486. The van der Waals surface area contributed by atoms with E-state index in [4.69, 9.17) is 0 Å². The van der Waals surface area contributed by atoms with E-state index in [0.29, 0.717) is 11.4 Å². The van der Waals surface area contributed by atoms with Crippen molar-refractivity contribution in [3.8, 4) is 16.5 Å². The zero-order valence-corrected chi connectivity index (χ0v) is 21.9. The first-order chi connectivity index (χ1) is 19.2. The molecule has 40 heavy (non-hydrogen) atoms. The van der Waals surface area contributed by atoms with Gasteiger partial charge >= 0.3 is 6.18 Å². The molecule has 0 saturated heterocycles. The summed E-state index contributed by atoms with van der Waals surface area (Å²) >= 11 is 1.38. The van der Waals surface area contributed by atoms with Gasteiger partial charge in [-0.25, -0.2) is 0 Å². The molecular formula is C27H25F3N6O3S. The van der Waals surface area contributed by atoms with E-state index in [9.17, 15) is 27.9 Å². The minimum atomic E-state index is -4.67. The van der Waals surface area contributed by atoms with Crippen molar-refractivity contribution in [3.05, 3.63) is 77.2 Å². The number of halogens is 3. The van der Waals surface area contributed by atoms with Crippen LogP contribution >= 0.6 is 11.3 Å². The van der Waals surface area contributed by atoms with Crippen LogP contribution in [0, 0.1) is 0 Å². The van der Waals surface area contributed by atoms with Crippen LogP contribution < -0.4 is 10.2 Å². The van der Waals surface area contributed by atoms with Crippen LogP contribution in [0.1, 0.15) is 42.9 Å². The van der Waals surface area contributed by atoms with Crippen molar-refractivity contribution in [1.29, 1.82) is 0 Å². The normalized spacial score (nSPS) is 14.7. The van der Waals surface area contributed by atoms with E-state index in [1.54, 1.807) is 6.07 Å². The van der Waals surface area contributed by atoms with Crippen LogP contribution in [0.4, 0.5) is 18.9 Å². The Morgan fingerprint density at radius 1 is 1.10 bits per heavy atom. The highest BCUT2D eigenvalue weighted by Gasteiger charge is 2.37. The zero-order valence-electron chi connectivity index (χ0n) is 21.1. The number of carbonyl (C=O) groups excluding carboxylic acids is 2. The maximum absolute atomic E-state index is 13.9. The lowest BCUT2D eigenvalue weighted by atomic mass is 10.0. The number of alkyl halides is 3. The lowest BCUT2D eigenvalue weighted by molar-refractivity contribution is -0.137. The van der Waals surface area contributed by atoms with Crippen molar-refractivity contribution in [3.63, 3.8) is 0 Å². The monoisotopic (exact) mass is 570 g/mol. The molecule has 1 aliphatic carbocycles. The standard InChI is InChI=1S/C27H25F3N6O3S/c28-27(29,30)18-5-3-8-20(15-18)36(23(38)16-35-33-25(32-34-35)22-9-4-14-40-22)24(17-10-12-21(37)13-11-17)26(39)31-19-6-1-2-7-19/h3-5,8-15,19,24,37H,1-2,6-7,16H2,(H,31,39)/t24-/m1/s1. The molecule has 1 atom stereocenters. The van der Waals surface area contributed by atoms with Crippen molar-refractivity contribution in [1.82, 2.24) is 25.5 Å². The van der Waals surface area contributed by atoms with Crippen molar-refractivity contribution in [2.45, 2.75) is 50.5 Å². The lowest BCUT2D eigenvalue weighted by Gasteiger charge is -2.32. The molecule has 0 bridgehead atoms. The zero-order chi connectivity index (χ0) is 28.3. The van der Waals surface area contributed by atoms with E-state index in [2.05, 4.69) is 20.7 Å². The molecule has 0 aliphatic heterocycles. The van der Waals surface area contributed by atoms with Gasteiger partial charge in [-0.2, -0.15) is 18.0 Å². The van der Waals surface area contributed by atoms with E-state index < -0.39 is 36.1 Å². The van der Waals surface area contributed by atoms with E-state index in [1.807, 2.05) is 11.4 Å². The Morgan fingerprint density at radius 3 is 2.52 bits per heavy atom. The molecule has 0 radical (unpaired) electrons. The predicted octanol–water partition coefficient (Wildman–Crippen LogP) is 4.96. The first kappa shape index (κ1) is 27.3. The van der Waals surface area contributed by atoms with E-state index in [-0.39, 0.29) is 17.5 Å². The van der Waals surface area contributed by atoms with Crippen LogP contribution in [-0.2, 0) is 22.3 Å². The van der Waals surface area contributed by atoms with Crippen LogP contribution in [-0.4, -0.2) is 43.2 Å². The number of thiophene rings is 1. The number of aromatic hydroxyl groups is 1. The number of benzene rings is 2. The second-order valence-electron chi connectivity index (χ2n) is 9.42. The average Bonchev–Trinajstić information content (AvgIpc) is 3.71. The third-order valence-electron chi connectivity index (χ3n) is 6.61. The number of tetrazole rings is 1. The molecular weight excluding hydrogens is 545 g/mol. The van der Waals surface area contributed by atoms with Gasteiger partial charge in [0.15, 0.2) is 0 Å². The molecule has 9 nitrogen and oxygen atoms in total. The number of carbonyl (C=O) groups is 2. The fourth-order valence-electron chi connectivity index (χ4n) is 4.71. The molecule has 2 heterocycles. The highest BCUT2D eigenvalue weighted by atomic mass is 32.1. The number of nitrogens with zero attached hydrogens (tertiary/aromatic N) is 5. The fraction of sp³-hybridized carbons (Fsp3) is 0.296. The molecule has 4 aromatic rings. The maximum atomic E-state index is 13.9. The highest BCUT2D eigenvalue weighted by Crippen LogP contribution is 2.35. The van der Waals surface area contributed by atoms with Gasteiger partial charge in [0, 0.05) is 11.7 Å². The first-order valence-electron chi connectivity index (χ1n) is 12.6. The Bertz CT molecular complexity index is 1470. The molecule has 1 saturated carbocycles. The van der Waals surface area contributed by atoms with Gasteiger partial charge in [-0.15, -0.1) is 21.5 Å². The van der Waals surface area contributed by atoms with Crippen LogP contribution in [0.2, 0.25) is 0 Å². The largest absolute Gasteiger partial charge is 0.508 e. The summed E-state index contributed by atoms with van der Waals surface area (Å²) in [4.78, 5) is 30.4. The number of nitrogens with one attached hydrogen (secondary N) is 1. The van der Waals surface area contributed by atoms with Gasteiger partial charge < -0.3 is 10.4 Å². The summed E-state index contributed by atoms with van der Waals surface area (Å²) in [5.41, 5.74) is -0.787. The summed E-state index contributed by atoms with van der Waals surface area (Å²) < 4.78 is 41.0. The van der Waals surface area contributed by atoms with Crippen LogP contribution in [0.3, 0.4) is 0 Å². The second-order valence-corrected chi connectivity index (χ2v) is 10.4. The molecule has 0 unspecified atom stereocenters. The molecule has 2 N–H and O–H groups in total. The van der Waals surface area contributed by atoms with Crippen LogP contribution in [0.15, 0.2) is 66.0 Å². The van der Waals surface area contributed by atoms with E-state index in [0.717, 1.165) is 52.4 Å². The van der Waals surface area contributed by atoms with Gasteiger partial charge in [0.1, 0.15) is 18.3 Å². The number of anilines is 1. The number of aromatic nitrogens is 4. The number of hydrogen-bond donors (Lipinski definition) is 2. The highest BCUT2D eigenvalue weighted by molar-refractivity contribution is 7.13. The summed E-state index contributed by atoms with van der Waals surface area (Å²) in [5.74, 6) is -1.05.